The molecule has 0 unspecified atom stereocenters. The first-order chi connectivity index (χ1) is 9.93. The summed E-state index contributed by atoms with van der Waals surface area (Å²) in [4.78, 5) is 34.8. The van der Waals surface area contributed by atoms with Crippen LogP contribution < -0.4 is 0 Å². The fraction of sp³-hybridized carbons (Fsp3) is 0.438. The first kappa shape index (κ1) is 16.9. The average Bonchev–Trinajstić information content (AvgIpc) is 2.49. The quantitative estimate of drug-likeness (QED) is 0.571. The number of esters is 2. The monoisotopic (exact) mass is 292 g/mol. The van der Waals surface area contributed by atoms with Crippen molar-refractivity contribution in [1.29, 1.82) is 0 Å². The topological polar surface area (TPSA) is 69.7 Å². The summed E-state index contributed by atoms with van der Waals surface area (Å²) in [6.45, 7) is 4.23. The van der Waals surface area contributed by atoms with E-state index in [0.717, 1.165) is 0 Å². The number of carbonyl (C=O) groups excluding carboxylic acids is 3. The second kappa shape index (κ2) is 8.19. The number of ether oxygens (including phenoxy) is 2. The molecule has 0 radical (unpaired) electrons. The number of Topliss-reactive ketones (excluding diaryl/α,β-unsaturated/α-hetero) is 1. The zero-order chi connectivity index (χ0) is 15.8. The van der Waals surface area contributed by atoms with Crippen molar-refractivity contribution in [3.8, 4) is 0 Å². The van der Waals surface area contributed by atoms with Gasteiger partial charge >= 0.3 is 11.9 Å². The number of benzene rings is 1. The molecule has 0 N–H and O–H groups in total. The van der Waals surface area contributed by atoms with Crippen LogP contribution in [0.4, 0.5) is 0 Å². The van der Waals surface area contributed by atoms with E-state index in [1.165, 1.54) is 13.2 Å². The van der Waals surface area contributed by atoms with Crippen LogP contribution in [0.25, 0.3) is 0 Å². The molecule has 5 nitrogen and oxygen atoms in total. The average molecular weight is 292 g/mol. The van der Waals surface area contributed by atoms with Crippen LogP contribution in [0, 0.1) is 5.92 Å². The van der Waals surface area contributed by atoms with Crippen LogP contribution in [0.1, 0.15) is 47.4 Å². The highest BCUT2D eigenvalue weighted by Crippen LogP contribution is 2.10. The Balaban J connectivity index is 2.56. The number of rotatable bonds is 7. The minimum absolute atomic E-state index is 0.0357. The van der Waals surface area contributed by atoms with E-state index in [4.69, 9.17) is 4.74 Å². The SMILES string of the molecule is COC(=O)c1cccc(C(=O)CCC(=O)OCC(C)C)c1. The van der Waals surface area contributed by atoms with Gasteiger partial charge in [0.15, 0.2) is 5.78 Å². The van der Waals surface area contributed by atoms with Gasteiger partial charge in [0.25, 0.3) is 0 Å². The van der Waals surface area contributed by atoms with Gasteiger partial charge in [-0.2, -0.15) is 0 Å². The molecule has 0 aliphatic carbocycles. The van der Waals surface area contributed by atoms with Crippen molar-refractivity contribution in [3.63, 3.8) is 0 Å². The van der Waals surface area contributed by atoms with Gasteiger partial charge < -0.3 is 9.47 Å². The van der Waals surface area contributed by atoms with Gasteiger partial charge in [-0.15, -0.1) is 0 Å². The summed E-state index contributed by atoms with van der Waals surface area (Å²) in [5.74, 6) is -0.828. The number of hydrogen-bond donors (Lipinski definition) is 0. The van der Waals surface area contributed by atoms with Gasteiger partial charge in [0.1, 0.15) is 0 Å². The molecule has 0 aliphatic rings. The first-order valence-corrected chi connectivity index (χ1v) is 6.81. The highest BCUT2D eigenvalue weighted by atomic mass is 16.5. The van der Waals surface area contributed by atoms with Crippen molar-refractivity contribution in [2.75, 3.05) is 13.7 Å². The largest absolute Gasteiger partial charge is 0.465 e. The molecule has 0 saturated heterocycles. The second-order valence-electron chi connectivity index (χ2n) is 5.07. The van der Waals surface area contributed by atoms with Crippen molar-refractivity contribution < 1.29 is 23.9 Å². The molecular formula is C16H20O5. The Morgan fingerprint density at radius 1 is 1.10 bits per heavy atom. The lowest BCUT2D eigenvalue weighted by Gasteiger charge is -2.07. The number of hydrogen-bond acceptors (Lipinski definition) is 5. The summed E-state index contributed by atoms with van der Waals surface area (Å²) >= 11 is 0. The molecule has 21 heavy (non-hydrogen) atoms. The molecule has 0 bridgehead atoms. The molecule has 0 aromatic heterocycles. The van der Waals surface area contributed by atoms with Crippen LogP contribution in [0.2, 0.25) is 0 Å². The highest BCUT2D eigenvalue weighted by Gasteiger charge is 2.13. The van der Waals surface area contributed by atoms with E-state index in [1.54, 1.807) is 18.2 Å². The lowest BCUT2D eigenvalue weighted by atomic mass is 10.0. The third-order valence-corrected chi connectivity index (χ3v) is 2.74. The Morgan fingerprint density at radius 2 is 1.76 bits per heavy atom. The van der Waals surface area contributed by atoms with Gasteiger partial charge in [0, 0.05) is 12.0 Å². The zero-order valence-corrected chi connectivity index (χ0v) is 12.5. The lowest BCUT2D eigenvalue weighted by Crippen LogP contribution is -2.12. The smallest absolute Gasteiger partial charge is 0.337 e. The predicted octanol–water partition coefficient (Wildman–Crippen LogP) is 2.64. The van der Waals surface area contributed by atoms with E-state index in [9.17, 15) is 14.4 Å². The lowest BCUT2D eigenvalue weighted by molar-refractivity contribution is -0.144. The summed E-state index contributed by atoms with van der Waals surface area (Å²) < 4.78 is 9.60. The summed E-state index contributed by atoms with van der Waals surface area (Å²) in [7, 11) is 1.28. The van der Waals surface area contributed by atoms with Crippen molar-refractivity contribution in [2.45, 2.75) is 26.7 Å². The Labute approximate surface area is 124 Å². The van der Waals surface area contributed by atoms with E-state index >= 15 is 0 Å². The van der Waals surface area contributed by atoms with Crippen LogP contribution in [-0.2, 0) is 14.3 Å². The predicted molar refractivity (Wildman–Crippen MR) is 77.1 cm³/mol. The van der Waals surface area contributed by atoms with Crippen molar-refractivity contribution in [3.05, 3.63) is 35.4 Å². The molecule has 114 valence electrons. The fourth-order valence-corrected chi connectivity index (χ4v) is 1.63. The van der Waals surface area contributed by atoms with Crippen molar-refractivity contribution in [2.24, 2.45) is 5.92 Å². The summed E-state index contributed by atoms with van der Waals surface area (Å²) in [5.41, 5.74) is 0.695. The Morgan fingerprint density at radius 3 is 2.38 bits per heavy atom. The maximum absolute atomic E-state index is 12.0. The fourth-order valence-electron chi connectivity index (χ4n) is 1.63. The van der Waals surface area contributed by atoms with Crippen LogP contribution in [0.5, 0.6) is 0 Å². The van der Waals surface area contributed by atoms with Crippen LogP contribution >= 0.6 is 0 Å². The Bertz CT molecular complexity index is 519. The van der Waals surface area contributed by atoms with E-state index < -0.39 is 5.97 Å². The first-order valence-electron chi connectivity index (χ1n) is 6.81. The van der Waals surface area contributed by atoms with Gasteiger partial charge in [0.05, 0.1) is 25.7 Å². The molecule has 0 spiro atoms. The van der Waals surface area contributed by atoms with Gasteiger partial charge in [-0.25, -0.2) is 4.79 Å². The van der Waals surface area contributed by atoms with E-state index in [0.29, 0.717) is 17.7 Å². The van der Waals surface area contributed by atoms with Gasteiger partial charge in [-0.05, 0) is 18.1 Å². The highest BCUT2D eigenvalue weighted by molar-refractivity contribution is 6.00. The van der Waals surface area contributed by atoms with Crippen molar-refractivity contribution in [1.82, 2.24) is 0 Å². The molecule has 0 aliphatic heterocycles. The Kier molecular flexibility index (Phi) is 6.59. The maximum atomic E-state index is 12.0. The molecular weight excluding hydrogens is 272 g/mol. The van der Waals surface area contributed by atoms with Gasteiger partial charge in [-0.3, -0.25) is 9.59 Å². The van der Waals surface area contributed by atoms with E-state index in [-0.39, 0.29) is 30.5 Å². The summed E-state index contributed by atoms with van der Waals surface area (Å²) in [6, 6.07) is 6.25. The molecule has 1 rings (SSSR count). The minimum Gasteiger partial charge on any atom is -0.465 e. The van der Waals surface area contributed by atoms with Crippen LogP contribution in [0.15, 0.2) is 24.3 Å². The molecule has 0 amide bonds. The van der Waals surface area contributed by atoms with Gasteiger partial charge in [-0.1, -0.05) is 26.0 Å². The summed E-state index contributed by atoms with van der Waals surface area (Å²) in [6.07, 6.45) is 0.0928. The molecule has 0 saturated carbocycles. The number of carbonyl (C=O) groups is 3. The van der Waals surface area contributed by atoms with Crippen LogP contribution in [-0.4, -0.2) is 31.4 Å². The van der Waals surface area contributed by atoms with E-state index in [1.807, 2.05) is 13.8 Å². The molecule has 1 aromatic rings. The van der Waals surface area contributed by atoms with E-state index in [2.05, 4.69) is 4.74 Å². The summed E-state index contributed by atoms with van der Waals surface area (Å²) in [5, 5.41) is 0. The molecule has 0 atom stereocenters. The molecule has 0 heterocycles. The van der Waals surface area contributed by atoms with Crippen molar-refractivity contribution >= 4 is 17.7 Å². The molecule has 5 heteroatoms. The third-order valence-electron chi connectivity index (χ3n) is 2.74. The van der Waals surface area contributed by atoms with Gasteiger partial charge in [0.2, 0.25) is 0 Å². The standard InChI is InChI=1S/C16H20O5/c1-11(2)10-21-15(18)8-7-14(17)12-5-4-6-13(9-12)16(19)20-3/h4-6,9,11H,7-8,10H2,1-3H3. The minimum atomic E-state index is -0.499. The second-order valence-corrected chi connectivity index (χ2v) is 5.07. The normalized spacial score (nSPS) is 10.3. The maximum Gasteiger partial charge on any atom is 0.337 e. The molecule has 1 aromatic carbocycles. The number of methoxy groups -OCH3 is 1. The zero-order valence-electron chi connectivity index (χ0n) is 12.5. The third kappa shape index (κ3) is 5.77. The molecule has 0 fully saturated rings. The van der Waals surface area contributed by atoms with Crippen LogP contribution in [0.3, 0.4) is 0 Å². The number of ketones is 1. The Hall–Kier alpha value is -2.17.